The lowest BCUT2D eigenvalue weighted by atomic mass is 10.3. The predicted molar refractivity (Wildman–Crippen MR) is 60.8 cm³/mol. The molecule has 0 unspecified atom stereocenters. The van der Waals surface area contributed by atoms with Crippen LogP contribution < -0.4 is 4.90 Å². The second-order valence-electron chi connectivity index (χ2n) is 3.22. The molecule has 0 aliphatic heterocycles. The summed E-state index contributed by atoms with van der Waals surface area (Å²) in [6.45, 7) is 2.34. The van der Waals surface area contributed by atoms with E-state index >= 15 is 0 Å². The van der Waals surface area contributed by atoms with E-state index in [0.717, 1.165) is 0 Å². The molecule has 1 heterocycles. The summed E-state index contributed by atoms with van der Waals surface area (Å²) in [5.74, 6) is -0.0349. The van der Waals surface area contributed by atoms with Gasteiger partial charge in [0.2, 0.25) is 0 Å². The molecule has 0 spiro atoms. The molecule has 7 nitrogen and oxygen atoms in total. The van der Waals surface area contributed by atoms with Crippen molar-refractivity contribution in [1.82, 2.24) is 4.98 Å². The van der Waals surface area contributed by atoms with E-state index in [1.807, 2.05) is 6.92 Å². The van der Waals surface area contributed by atoms with Gasteiger partial charge in [-0.05, 0) is 6.92 Å². The number of hydrogen-bond donors (Lipinski definition) is 0. The molecule has 0 aliphatic carbocycles. The molecule has 1 rings (SSSR count). The number of carbonyl (C=O) groups is 1. The van der Waals surface area contributed by atoms with E-state index < -0.39 is 10.9 Å². The highest BCUT2D eigenvalue weighted by molar-refractivity contribution is 5.75. The highest BCUT2D eigenvalue weighted by atomic mass is 16.6. The fourth-order valence-electron chi connectivity index (χ4n) is 1.27. The van der Waals surface area contributed by atoms with Crippen molar-refractivity contribution in [2.24, 2.45) is 0 Å². The lowest BCUT2D eigenvalue weighted by Gasteiger charge is -2.19. The van der Waals surface area contributed by atoms with Crippen molar-refractivity contribution in [2.45, 2.75) is 6.92 Å². The molecule has 1 aromatic heterocycles. The normalized spacial score (nSPS) is 9.76. The zero-order chi connectivity index (χ0) is 12.8. The van der Waals surface area contributed by atoms with Gasteiger partial charge in [0.05, 0.1) is 18.1 Å². The van der Waals surface area contributed by atoms with Crippen molar-refractivity contribution in [2.75, 3.05) is 25.1 Å². The van der Waals surface area contributed by atoms with Crippen LogP contribution in [0.5, 0.6) is 0 Å². The van der Waals surface area contributed by atoms with Gasteiger partial charge in [-0.25, -0.2) is 4.98 Å². The minimum absolute atomic E-state index is 0.0150. The van der Waals surface area contributed by atoms with Crippen molar-refractivity contribution >= 4 is 17.5 Å². The van der Waals surface area contributed by atoms with E-state index in [0.29, 0.717) is 12.4 Å². The van der Waals surface area contributed by atoms with Gasteiger partial charge in [-0.2, -0.15) is 0 Å². The smallest absolute Gasteiger partial charge is 0.325 e. The number of nitrogens with zero attached hydrogens (tertiary/aromatic N) is 3. The Hall–Kier alpha value is -2.18. The van der Waals surface area contributed by atoms with E-state index in [1.165, 1.54) is 25.4 Å². The summed E-state index contributed by atoms with van der Waals surface area (Å²) < 4.78 is 4.54. The summed E-state index contributed by atoms with van der Waals surface area (Å²) in [5.41, 5.74) is -0.0571. The van der Waals surface area contributed by atoms with Crippen LogP contribution >= 0.6 is 0 Å². The first-order valence-corrected chi connectivity index (χ1v) is 5.00. The minimum Gasteiger partial charge on any atom is -0.468 e. The fraction of sp³-hybridized carbons (Fsp3) is 0.400. The van der Waals surface area contributed by atoms with Gasteiger partial charge in [-0.1, -0.05) is 0 Å². The number of hydrogen-bond acceptors (Lipinski definition) is 6. The molecular formula is C10H13N3O4. The monoisotopic (exact) mass is 239 g/mol. The van der Waals surface area contributed by atoms with Crippen LogP contribution in [0.25, 0.3) is 0 Å². The molecule has 0 bridgehead atoms. The third kappa shape index (κ3) is 3.40. The second-order valence-corrected chi connectivity index (χ2v) is 3.22. The standard InChI is InChI=1S/C10H13N3O4/c1-3-12(7-10(14)17-2)9-6-8(13(15)16)4-5-11-9/h4-6H,3,7H2,1-2H3. The van der Waals surface area contributed by atoms with Crippen molar-refractivity contribution in [3.8, 4) is 0 Å². The summed E-state index contributed by atoms with van der Waals surface area (Å²) in [6, 6.07) is 2.63. The molecule has 0 aliphatic rings. The maximum atomic E-state index is 11.1. The molecule has 0 radical (unpaired) electrons. The Balaban J connectivity index is 2.91. The summed E-state index contributed by atoms with van der Waals surface area (Å²) >= 11 is 0. The fourth-order valence-corrected chi connectivity index (χ4v) is 1.27. The van der Waals surface area contributed by atoms with Gasteiger partial charge in [-0.15, -0.1) is 0 Å². The van der Waals surface area contributed by atoms with E-state index in [9.17, 15) is 14.9 Å². The maximum Gasteiger partial charge on any atom is 0.325 e. The summed E-state index contributed by atoms with van der Waals surface area (Å²) in [7, 11) is 1.29. The van der Waals surface area contributed by atoms with Crippen LogP contribution in [0.2, 0.25) is 0 Å². The largest absolute Gasteiger partial charge is 0.468 e. The van der Waals surface area contributed by atoms with E-state index in [4.69, 9.17) is 0 Å². The number of methoxy groups -OCH3 is 1. The van der Waals surface area contributed by atoms with Crippen molar-refractivity contribution < 1.29 is 14.5 Å². The number of ether oxygens (including phenoxy) is 1. The molecule has 0 N–H and O–H groups in total. The lowest BCUT2D eigenvalue weighted by Crippen LogP contribution is -2.30. The van der Waals surface area contributed by atoms with Gasteiger partial charge in [0.15, 0.2) is 0 Å². The first-order chi connectivity index (χ1) is 8.08. The number of pyridine rings is 1. The summed E-state index contributed by atoms with van der Waals surface area (Å²) in [5, 5.41) is 10.6. The Kier molecular flexibility index (Phi) is 4.38. The van der Waals surface area contributed by atoms with E-state index in [-0.39, 0.29) is 12.2 Å². The SMILES string of the molecule is CCN(CC(=O)OC)c1cc([N+](=O)[O-])ccn1. The molecule has 7 heteroatoms. The molecule has 0 saturated carbocycles. The first-order valence-electron chi connectivity index (χ1n) is 5.00. The Labute approximate surface area is 98.2 Å². The Morgan fingerprint density at radius 3 is 2.88 bits per heavy atom. The van der Waals surface area contributed by atoms with E-state index in [2.05, 4.69) is 9.72 Å². The first kappa shape index (κ1) is 12.9. The quantitative estimate of drug-likeness (QED) is 0.432. The predicted octanol–water partition coefficient (Wildman–Crippen LogP) is 0.989. The molecule has 1 aromatic rings. The van der Waals surface area contributed by atoms with Crippen molar-refractivity contribution in [1.29, 1.82) is 0 Å². The highest BCUT2D eigenvalue weighted by Crippen LogP contribution is 2.17. The van der Waals surface area contributed by atoms with Gasteiger partial charge in [0.25, 0.3) is 5.69 Å². The number of esters is 1. The van der Waals surface area contributed by atoms with Crippen LogP contribution in [0.1, 0.15) is 6.92 Å². The molecular weight excluding hydrogens is 226 g/mol. The van der Waals surface area contributed by atoms with Crippen LogP contribution in [0.4, 0.5) is 11.5 Å². The number of aromatic nitrogens is 1. The molecule has 0 amide bonds. The lowest BCUT2D eigenvalue weighted by molar-refractivity contribution is -0.384. The Morgan fingerprint density at radius 1 is 1.65 bits per heavy atom. The summed E-state index contributed by atoms with van der Waals surface area (Å²) in [6.07, 6.45) is 1.34. The average Bonchev–Trinajstić information content (AvgIpc) is 2.35. The van der Waals surface area contributed by atoms with Gasteiger partial charge in [0.1, 0.15) is 12.4 Å². The number of likely N-dealkylation sites (N-methyl/N-ethyl adjacent to an activating group) is 1. The number of rotatable bonds is 5. The minimum atomic E-state index is -0.503. The third-order valence-electron chi connectivity index (χ3n) is 2.19. The molecule has 17 heavy (non-hydrogen) atoms. The van der Waals surface area contributed by atoms with Gasteiger partial charge in [-0.3, -0.25) is 14.9 Å². The van der Waals surface area contributed by atoms with Crippen LogP contribution in [0.3, 0.4) is 0 Å². The Morgan fingerprint density at radius 2 is 2.35 bits per heavy atom. The zero-order valence-corrected chi connectivity index (χ0v) is 9.62. The number of nitro groups is 1. The zero-order valence-electron chi connectivity index (χ0n) is 9.62. The van der Waals surface area contributed by atoms with Gasteiger partial charge in [0, 0.05) is 18.8 Å². The van der Waals surface area contributed by atoms with Crippen LogP contribution in [0.15, 0.2) is 18.3 Å². The van der Waals surface area contributed by atoms with Crippen LogP contribution in [-0.2, 0) is 9.53 Å². The van der Waals surface area contributed by atoms with Crippen molar-refractivity contribution in [3.05, 3.63) is 28.4 Å². The number of anilines is 1. The van der Waals surface area contributed by atoms with Crippen LogP contribution in [0, 0.1) is 10.1 Å². The van der Waals surface area contributed by atoms with Gasteiger partial charge < -0.3 is 9.64 Å². The van der Waals surface area contributed by atoms with Crippen molar-refractivity contribution in [3.63, 3.8) is 0 Å². The highest BCUT2D eigenvalue weighted by Gasteiger charge is 2.14. The molecule has 0 saturated heterocycles. The Bertz CT molecular complexity index is 422. The maximum absolute atomic E-state index is 11.1. The third-order valence-corrected chi connectivity index (χ3v) is 2.19. The average molecular weight is 239 g/mol. The topological polar surface area (TPSA) is 85.6 Å². The number of carbonyl (C=O) groups excluding carboxylic acids is 1. The molecule has 0 fully saturated rings. The van der Waals surface area contributed by atoms with Gasteiger partial charge >= 0.3 is 5.97 Å². The molecule has 92 valence electrons. The van der Waals surface area contributed by atoms with Crippen LogP contribution in [-0.4, -0.2) is 36.1 Å². The molecule has 0 atom stereocenters. The molecule has 0 aromatic carbocycles. The second kappa shape index (κ2) is 5.78. The van der Waals surface area contributed by atoms with E-state index in [1.54, 1.807) is 4.90 Å². The summed E-state index contributed by atoms with van der Waals surface area (Å²) in [4.78, 5) is 26.8.